The van der Waals surface area contributed by atoms with Crippen molar-refractivity contribution in [2.24, 2.45) is 0 Å². The summed E-state index contributed by atoms with van der Waals surface area (Å²) in [5, 5.41) is 0. The van der Waals surface area contributed by atoms with Crippen LogP contribution in [0.5, 0.6) is 0 Å². The first kappa shape index (κ1) is 14.9. The van der Waals surface area contributed by atoms with E-state index < -0.39 is 11.4 Å². The third-order valence-electron chi connectivity index (χ3n) is 3.07. The minimum Gasteiger partial charge on any atom is -0.382 e. The number of morpholine rings is 1. The van der Waals surface area contributed by atoms with Crippen molar-refractivity contribution in [2.45, 2.75) is 25.6 Å². The van der Waals surface area contributed by atoms with E-state index in [1.807, 2.05) is 13.8 Å². The Morgan fingerprint density at radius 3 is 3.00 bits per heavy atom. The first-order valence-electron chi connectivity index (χ1n) is 6.48. The molecule has 0 unspecified atom stereocenters. The average molecular weight is 282 g/mol. The maximum Gasteiger partial charge on any atom is 0.255 e. The van der Waals surface area contributed by atoms with Crippen LogP contribution in [-0.4, -0.2) is 54.3 Å². The van der Waals surface area contributed by atoms with Crippen LogP contribution in [0, 0.1) is 5.82 Å². The van der Waals surface area contributed by atoms with Crippen molar-refractivity contribution >= 4 is 5.91 Å². The number of nitrogens with zero attached hydrogens (tertiary/aromatic N) is 2. The number of rotatable bonds is 3. The fourth-order valence-electron chi connectivity index (χ4n) is 2.43. The monoisotopic (exact) mass is 282 g/mol. The van der Waals surface area contributed by atoms with Crippen molar-refractivity contribution in [1.82, 2.24) is 9.88 Å². The van der Waals surface area contributed by atoms with Gasteiger partial charge in [-0.05, 0) is 19.9 Å². The molecule has 5 nitrogen and oxygen atoms in total. The number of hydrogen-bond donors (Lipinski definition) is 0. The SMILES string of the molecule is COC[C@H]1CN(C(=O)c2cncc(F)c2)CC(C)(C)O1. The molecular formula is C14H19FN2O3. The van der Waals surface area contributed by atoms with E-state index in [1.54, 1.807) is 12.0 Å². The molecular weight excluding hydrogens is 263 g/mol. The normalized spacial score (nSPS) is 21.8. The van der Waals surface area contributed by atoms with Crippen LogP contribution in [0.1, 0.15) is 24.2 Å². The van der Waals surface area contributed by atoms with Crippen LogP contribution in [0.25, 0.3) is 0 Å². The third kappa shape index (κ3) is 3.52. The van der Waals surface area contributed by atoms with E-state index >= 15 is 0 Å². The number of carbonyl (C=O) groups excluding carboxylic acids is 1. The number of ether oxygens (including phenoxy) is 2. The topological polar surface area (TPSA) is 51.7 Å². The molecule has 1 aliphatic heterocycles. The summed E-state index contributed by atoms with van der Waals surface area (Å²) in [5.41, 5.74) is -0.212. The first-order chi connectivity index (χ1) is 9.41. The highest BCUT2D eigenvalue weighted by atomic mass is 19.1. The molecule has 0 spiro atoms. The number of aromatic nitrogens is 1. The molecule has 2 rings (SSSR count). The van der Waals surface area contributed by atoms with Gasteiger partial charge in [0.1, 0.15) is 5.82 Å². The first-order valence-corrected chi connectivity index (χ1v) is 6.48. The lowest BCUT2D eigenvalue weighted by Gasteiger charge is -2.42. The molecule has 1 amide bonds. The quantitative estimate of drug-likeness (QED) is 0.843. The second kappa shape index (κ2) is 5.85. The summed E-state index contributed by atoms with van der Waals surface area (Å²) in [6.45, 7) is 5.11. The zero-order valence-corrected chi connectivity index (χ0v) is 11.9. The Morgan fingerprint density at radius 2 is 2.35 bits per heavy atom. The summed E-state index contributed by atoms with van der Waals surface area (Å²) in [6.07, 6.45) is 2.27. The van der Waals surface area contributed by atoms with E-state index in [9.17, 15) is 9.18 Å². The Kier molecular flexibility index (Phi) is 4.35. The summed E-state index contributed by atoms with van der Waals surface area (Å²) in [7, 11) is 1.59. The van der Waals surface area contributed by atoms with Crippen LogP contribution in [0.4, 0.5) is 4.39 Å². The predicted octanol–water partition coefficient (Wildman–Crippen LogP) is 1.49. The maximum atomic E-state index is 13.2. The van der Waals surface area contributed by atoms with E-state index in [4.69, 9.17) is 9.47 Å². The highest BCUT2D eigenvalue weighted by Gasteiger charge is 2.36. The lowest BCUT2D eigenvalue weighted by atomic mass is 10.0. The van der Waals surface area contributed by atoms with E-state index in [0.717, 1.165) is 6.20 Å². The number of halogens is 1. The molecule has 1 atom stereocenters. The zero-order chi connectivity index (χ0) is 14.8. The second-order valence-corrected chi connectivity index (χ2v) is 5.53. The number of amides is 1. The van der Waals surface area contributed by atoms with Gasteiger partial charge in [0.15, 0.2) is 0 Å². The Morgan fingerprint density at radius 1 is 1.60 bits per heavy atom. The van der Waals surface area contributed by atoms with E-state index in [1.165, 1.54) is 12.3 Å². The molecule has 1 fully saturated rings. The van der Waals surface area contributed by atoms with Crippen LogP contribution >= 0.6 is 0 Å². The van der Waals surface area contributed by atoms with Crippen LogP contribution in [0.3, 0.4) is 0 Å². The van der Waals surface area contributed by atoms with Gasteiger partial charge in [0.25, 0.3) is 5.91 Å². The highest BCUT2D eigenvalue weighted by molar-refractivity contribution is 5.94. The molecule has 1 saturated heterocycles. The van der Waals surface area contributed by atoms with Gasteiger partial charge in [0.2, 0.25) is 0 Å². The predicted molar refractivity (Wildman–Crippen MR) is 70.9 cm³/mol. The third-order valence-corrected chi connectivity index (χ3v) is 3.07. The van der Waals surface area contributed by atoms with Crippen molar-refractivity contribution < 1.29 is 18.7 Å². The van der Waals surface area contributed by atoms with Gasteiger partial charge in [-0.2, -0.15) is 0 Å². The van der Waals surface area contributed by atoms with Gasteiger partial charge >= 0.3 is 0 Å². The molecule has 110 valence electrons. The summed E-state index contributed by atoms with van der Waals surface area (Å²) in [4.78, 5) is 17.8. The van der Waals surface area contributed by atoms with Gasteiger partial charge in [-0.25, -0.2) is 4.39 Å². The van der Waals surface area contributed by atoms with Crippen molar-refractivity contribution in [3.05, 3.63) is 29.8 Å². The molecule has 20 heavy (non-hydrogen) atoms. The van der Waals surface area contributed by atoms with E-state index in [2.05, 4.69) is 4.98 Å². The van der Waals surface area contributed by atoms with Gasteiger partial charge < -0.3 is 14.4 Å². The molecule has 1 aromatic rings. The van der Waals surface area contributed by atoms with E-state index in [0.29, 0.717) is 19.7 Å². The summed E-state index contributed by atoms with van der Waals surface area (Å²) in [5.74, 6) is -0.758. The lowest BCUT2D eigenvalue weighted by Crippen LogP contribution is -2.55. The molecule has 0 N–H and O–H groups in total. The molecule has 1 aliphatic rings. The molecule has 0 radical (unpaired) electrons. The fraction of sp³-hybridized carbons (Fsp3) is 0.571. The van der Waals surface area contributed by atoms with Gasteiger partial charge in [0.05, 0.1) is 30.1 Å². The number of pyridine rings is 1. The molecule has 0 aromatic carbocycles. The maximum absolute atomic E-state index is 13.2. The lowest BCUT2D eigenvalue weighted by molar-refractivity contribution is -0.143. The Bertz CT molecular complexity index is 493. The van der Waals surface area contributed by atoms with Gasteiger partial charge in [0, 0.05) is 26.4 Å². The second-order valence-electron chi connectivity index (χ2n) is 5.53. The Labute approximate surface area is 117 Å². The molecule has 6 heteroatoms. The van der Waals surface area contributed by atoms with E-state index in [-0.39, 0.29) is 17.6 Å². The fourth-order valence-corrected chi connectivity index (χ4v) is 2.43. The Hall–Kier alpha value is -1.53. The Balaban J connectivity index is 2.16. The number of methoxy groups -OCH3 is 1. The van der Waals surface area contributed by atoms with Crippen molar-refractivity contribution in [3.63, 3.8) is 0 Å². The molecule has 1 aromatic heterocycles. The molecule has 2 heterocycles. The van der Waals surface area contributed by atoms with Crippen LogP contribution in [0.2, 0.25) is 0 Å². The van der Waals surface area contributed by atoms with Crippen molar-refractivity contribution in [1.29, 1.82) is 0 Å². The van der Waals surface area contributed by atoms with Gasteiger partial charge in [-0.15, -0.1) is 0 Å². The highest BCUT2D eigenvalue weighted by Crippen LogP contribution is 2.22. The van der Waals surface area contributed by atoms with Crippen LogP contribution < -0.4 is 0 Å². The van der Waals surface area contributed by atoms with Gasteiger partial charge in [-0.1, -0.05) is 0 Å². The smallest absolute Gasteiger partial charge is 0.255 e. The minimum absolute atomic E-state index is 0.186. The standard InChI is InChI=1S/C14H19FN2O3/c1-14(2)9-17(7-12(20-14)8-19-3)13(18)10-4-11(15)6-16-5-10/h4-6,12H,7-9H2,1-3H3/t12-/m1/s1. The van der Waals surface area contributed by atoms with Crippen LogP contribution in [-0.2, 0) is 9.47 Å². The summed E-state index contributed by atoms with van der Waals surface area (Å²) >= 11 is 0. The van der Waals surface area contributed by atoms with Crippen molar-refractivity contribution in [3.8, 4) is 0 Å². The number of hydrogen-bond acceptors (Lipinski definition) is 4. The minimum atomic E-state index is -0.517. The van der Waals surface area contributed by atoms with Crippen molar-refractivity contribution in [2.75, 3.05) is 26.8 Å². The molecule has 0 bridgehead atoms. The van der Waals surface area contributed by atoms with Gasteiger partial charge in [-0.3, -0.25) is 9.78 Å². The largest absolute Gasteiger partial charge is 0.382 e. The number of carbonyl (C=O) groups is 1. The average Bonchev–Trinajstić information content (AvgIpc) is 2.36. The molecule has 0 saturated carbocycles. The van der Waals surface area contributed by atoms with Crippen LogP contribution in [0.15, 0.2) is 18.5 Å². The molecule has 0 aliphatic carbocycles. The zero-order valence-electron chi connectivity index (χ0n) is 11.9. The summed E-state index contributed by atoms with van der Waals surface area (Å²) in [6, 6.07) is 1.20. The summed E-state index contributed by atoms with van der Waals surface area (Å²) < 4.78 is 24.1.